The number of rotatable bonds is 4. The smallest absolute Gasteiger partial charge is 0.416 e. The van der Waals surface area contributed by atoms with Gasteiger partial charge in [-0.3, -0.25) is 4.90 Å². The van der Waals surface area contributed by atoms with E-state index in [0.717, 1.165) is 13.0 Å². The second-order valence-electron chi connectivity index (χ2n) is 5.77. The molecule has 4 nitrogen and oxygen atoms in total. The molecule has 1 saturated carbocycles. The summed E-state index contributed by atoms with van der Waals surface area (Å²) in [5.41, 5.74) is -0.487. The topological polar surface area (TPSA) is 41.6 Å². The lowest BCUT2D eigenvalue weighted by Gasteiger charge is -2.28. The van der Waals surface area contributed by atoms with Crippen LogP contribution in [0.1, 0.15) is 47.0 Å². The van der Waals surface area contributed by atoms with Gasteiger partial charge in [0.25, 0.3) is 0 Å². The van der Waals surface area contributed by atoms with E-state index in [-0.39, 0.29) is 6.09 Å². The molecule has 0 atom stereocenters. The van der Waals surface area contributed by atoms with Gasteiger partial charge in [-0.05, 0) is 58.2 Å². The first-order chi connectivity index (χ1) is 8.33. The Bertz CT molecular complexity index is 309. The summed E-state index contributed by atoms with van der Waals surface area (Å²) in [5.74, 6) is 0.582. The van der Waals surface area contributed by atoms with Crippen LogP contribution in [0.2, 0.25) is 0 Å². The van der Waals surface area contributed by atoms with Crippen LogP contribution < -0.4 is 5.32 Å². The molecule has 0 aromatic heterocycles. The van der Waals surface area contributed by atoms with Crippen LogP contribution in [0.5, 0.6) is 0 Å². The van der Waals surface area contributed by atoms with E-state index >= 15 is 0 Å². The summed E-state index contributed by atoms with van der Waals surface area (Å²) in [7, 11) is 0. The third-order valence-corrected chi connectivity index (χ3v) is 2.89. The fourth-order valence-electron chi connectivity index (χ4n) is 1.44. The van der Waals surface area contributed by atoms with Crippen LogP contribution >= 0.6 is 12.2 Å². The van der Waals surface area contributed by atoms with Gasteiger partial charge in [0.05, 0.1) is 0 Å². The van der Waals surface area contributed by atoms with Crippen molar-refractivity contribution in [1.82, 2.24) is 10.2 Å². The highest BCUT2D eigenvalue weighted by atomic mass is 32.1. The van der Waals surface area contributed by atoms with E-state index in [1.165, 1.54) is 12.8 Å². The molecule has 5 heteroatoms. The Morgan fingerprint density at radius 2 is 2.06 bits per heavy atom. The fraction of sp³-hybridized carbons (Fsp3) is 0.846. The molecule has 0 bridgehead atoms. The zero-order valence-corrected chi connectivity index (χ0v) is 12.6. The van der Waals surface area contributed by atoms with Crippen molar-refractivity contribution >= 4 is 23.4 Å². The maximum Gasteiger partial charge on any atom is 0.416 e. The van der Waals surface area contributed by atoms with E-state index in [9.17, 15) is 4.79 Å². The lowest BCUT2D eigenvalue weighted by Crippen LogP contribution is -2.47. The average molecular weight is 272 g/mol. The summed E-state index contributed by atoms with van der Waals surface area (Å²) in [5, 5.41) is 3.57. The van der Waals surface area contributed by atoms with Crippen LogP contribution in [0.15, 0.2) is 0 Å². The maximum atomic E-state index is 12.1. The molecular weight excluding hydrogens is 248 g/mol. The van der Waals surface area contributed by atoms with Crippen molar-refractivity contribution in [1.29, 1.82) is 0 Å². The number of nitrogens with one attached hydrogen (secondary N) is 1. The van der Waals surface area contributed by atoms with Gasteiger partial charge in [-0.15, -0.1) is 0 Å². The zero-order valence-electron chi connectivity index (χ0n) is 11.8. The van der Waals surface area contributed by atoms with Crippen molar-refractivity contribution < 1.29 is 9.53 Å². The molecule has 0 aromatic carbocycles. The number of amides is 1. The van der Waals surface area contributed by atoms with Gasteiger partial charge in [0, 0.05) is 13.1 Å². The van der Waals surface area contributed by atoms with E-state index in [1.54, 1.807) is 4.90 Å². The van der Waals surface area contributed by atoms with E-state index in [2.05, 4.69) is 12.2 Å². The summed E-state index contributed by atoms with van der Waals surface area (Å²) in [6.45, 7) is 9.11. The normalized spacial score (nSPS) is 15.1. The monoisotopic (exact) mass is 272 g/mol. The van der Waals surface area contributed by atoms with Crippen LogP contribution in [0.25, 0.3) is 0 Å². The fourth-order valence-corrected chi connectivity index (χ4v) is 1.69. The summed E-state index contributed by atoms with van der Waals surface area (Å²) in [6, 6.07) is 0. The van der Waals surface area contributed by atoms with E-state index in [1.807, 2.05) is 20.8 Å². The van der Waals surface area contributed by atoms with Crippen molar-refractivity contribution in [3.05, 3.63) is 0 Å². The molecule has 0 aromatic rings. The first-order valence-corrected chi connectivity index (χ1v) is 7.02. The van der Waals surface area contributed by atoms with E-state index in [4.69, 9.17) is 17.0 Å². The third kappa shape index (κ3) is 5.67. The Hall–Kier alpha value is -0.840. The summed E-state index contributed by atoms with van der Waals surface area (Å²) in [4.78, 5) is 13.7. The standard InChI is InChI=1S/C13H24N2O2S/c1-5-8-14-11(18)15(9-10-6-7-10)12(16)17-13(2,3)4/h10H,5-9H2,1-4H3,(H,14,18). The lowest BCUT2D eigenvalue weighted by molar-refractivity contribution is 0.0362. The molecule has 1 aliphatic carbocycles. The van der Waals surface area contributed by atoms with Crippen LogP contribution in [0, 0.1) is 5.92 Å². The molecule has 0 radical (unpaired) electrons. The molecule has 104 valence electrons. The number of carbonyl (C=O) groups is 1. The second kappa shape index (κ2) is 6.36. The number of hydrogen-bond acceptors (Lipinski definition) is 3. The molecular formula is C13H24N2O2S. The molecule has 1 fully saturated rings. The molecule has 0 saturated heterocycles. The predicted molar refractivity (Wildman–Crippen MR) is 76.6 cm³/mol. The highest BCUT2D eigenvalue weighted by Gasteiger charge is 2.31. The van der Waals surface area contributed by atoms with E-state index < -0.39 is 5.60 Å². The molecule has 1 amide bonds. The Kier molecular flexibility index (Phi) is 5.38. The average Bonchev–Trinajstić information content (AvgIpc) is 3.03. The number of nitrogens with zero attached hydrogens (tertiary/aromatic N) is 1. The van der Waals surface area contributed by atoms with Gasteiger partial charge in [0.1, 0.15) is 5.60 Å². The minimum absolute atomic E-state index is 0.344. The Labute approximate surface area is 115 Å². The van der Waals surface area contributed by atoms with Gasteiger partial charge in [-0.25, -0.2) is 4.79 Å². The largest absolute Gasteiger partial charge is 0.443 e. The van der Waals surface area contributed by atoms with Gasteiger partial charge in [0.2, 0.25) is 0 Å². The van der Waals surface area contributed by atoms with Gasteiger partial charge in [-0.2, -0.15) is 0 Å². The van der Waals surface area contributed by atoms with Crippen LogP contribution in [-0.2, 0) is 4.74 Å². The van der Waals surface area contributed by atoms with Gasteiger partial charge in [-0.1, -0.05) is 6.92 Å². The maximum absolute atomic E-state index is 12.1. The SMILES string of the molecule is CCCNC(=S)N(CC1CC1)C(=O)OC(C)(C)C. The molecule has 0 spiro atoms. The van der Waals surface area contributed by atoms with Crippen LogP contribution in [-0.4, -0.2) is 34.8 Å². The van der Waals surface area contributed by atoms with Crippen LogP contribution in [0.4, 0.5) is 4.79 Å². The molecule has 1 N–H and O–H groups in total. The Morgan fingerprint density at radius 1 is 1.44 bits per heavy atom. The van der Waals surface area contributed by atoms with Crippen molar-refractivity contribution in [2.75, 3.05) is 13.1 Å². The van der Waals surface area contributed by atoms with Crippen molar-refractivity contribution in [3.63, 3.8) is 0 Å². The van der Waals surface area contributed by atoms with Crippen molar-refractivity contribution in [2.24, 2.45) is 5.92 Å². The van der Waals surface area contributed by atoms with Crippen LogP contribution in [0.3, 0.4) is 0 Å². The first kappa shape index (κ1) is 15.2. The Balaban J connectivity index is 2.58. The number of hydrogen-bond donors (Lipinski definition) is 1. The molecule has 0 heterocycles. The first-order valence-electron chi connectivity index (χ1n) is 6.62. The minimum Gasteiger partial charge on any atom is -0.443 e. The quantitative estimate of drug-likeness (QED) is 0.799. The van der Waals surface area contributed by atoms with Gasteiger partial charge in [0.15, 0.2) is 5.11 Å². The van der Waals surface area contributed by atoms with Gasteiger partial charge >= 0.3 is 6.09 Å². The number of thiocarbonyl (C=S) groups is 1. The predicted octanol–water partition coefficient (Wildman–Crippen LogP) is 2.92. The summed E-state index contributed by atoms with van der Waals surface area (Å²) >= 11 is 5.27. The zero-order chi connectivity index (χ0) is 13.8. The summed E-state index contributed by atoms with van der Waals surface area (Å²) in [6.07, 6.45) is 2.99. The minimum atomic E-state index is -0.487. The third-order valence-electron chi connectivity index (χ3n) is 2.52. The highest BCUT2D eigenvalue weighted by molar-refractivity contribution is 7.80. The number of carbonyl (C=O) groups excluding carboxylic acids is 1. The van der Waals surface area contributed by atoms with Gasteiger partial charge < -0.3 is 10.1 Å². The molecule has 0 unspecified atom stereocenters. The Morgan fingerprint density at radius 3 is 2.50 bits per heavy atom. The highest BCUT2D eigenvalue weighted by Crippen LogP contribution is 2.30. The molecule has 0 aliphatic heterocycles. The van der Waals surface area contributed by atoms with E-state index in [0.29, 0.717) is 17.6 Å². The van der Waals surface area contributed by atoms with Crippen molar-refractivity contribution in [2.45, 2.75) is 52.6 Å². The lowest BCUT2D eigenvalue weighted by atomic mass is 10.2. The number of ether oxygens (including phenoxy) is 1. The molecule has 1 aliphatic rings. The summed E-state index contributed by atoms with van der Waals surface area (Å²) < 4.78 is 5.39. The molecule has 1 rings (SSSR count). The second-order valence-corrected chi connectivity index (χ2v) is 6.15. The van der Waals surface area contributed by atoms with Crippen molar-refractivity contribution in [3.8, 4) is 0 Å². The molecule has 18 heavy (non-hydrogen) atoms.